The number of halogens is 1. The van der Waals surface area contributed by atoms with Gasteiger partial charge in [0.1, 0.15) is 5.82 Å². The van der Waals surface area contributed by atoms with E-state index in [0.29, 0.717) is 5.56 Å². The molecule has 2 heterocycles. The predicted molar refractivity (Wildman–Crippen MR) is 109 cm³/mol. The fourth-order valence-corrected chi connectivity index (χ4v) is 3.41. The first-order valence-electron chi connectivity index (χ1n) is 9.71. The number of carbonyl (C=O) groups excluding carboxylic acids is 2. The fourth-order valence-electron chi connectivity index (χ4n) is 3.41. The number of oxazole rings is 1. The molecular weight excluding hydrogens is 391 g/mol. The van der Waals surface area contributed by atoms with Gasteiger partial charge in [0.15, 0.2) is 5.58 Å². The highest BCUT2D eigenvalue weighted by atomic mass is 19.1. The third-order valence-electron chi connectivity index (χ3n) is 5.03. The van der Waals surface area contributed by atoms with E-state index in [1.165, 1.54) is 6.07 Å². The maximum absolute atomic E-state index is 14.1. The fraction of sp³-hybridized carbons (Fsp3) is 0.286. The molecule has 0 atom stereocenters. The average molecular weight is 412 g/mol. The summed E-state index contributed by atoms with van der Waals surface area (Å²) >= 11 is 0. The number of nitrogens with zero attached hydrogens (tertiary/aromatic N) is 1. The second-order valence-corrected chi connectivity index (χ2v) is 7.17. The Morgan fingerprint density at radius 2 is 1.87 bits per heavy atom. The van der Waals surface area contributed by atoms with Crippen molar-refractivity contribution < 1.29 is 18.4 Å². The largest absolute Gasteiger partial charge is 0.417 e. The zero-order valence-corrected chi connectivity index (χ0v) is 16.2. The van der Waals surface area contributed by atoms with E-state index in [4.69, 9.17) is 4.42 Å². The van der Waals surface area contributed by atoms with Crippen molar-refractivity contribution >= 4 is 28.6 Å². The Morgan fingerprint density at radius 1 is 1.13 bits per heavy atom. The molecule has 1 fully saturated rings. The van der Waals surface area contributed by atoms with E-state index in [2.05, 4.69) is 15.6 Å². The SMILES string of the molecule is O=C(CNc1cc2oc(=O)[nH]c2cc1F)NCc1ccc(C(=O)N2CCCC2)cc1. The molecule has 3 N–H and O–H groups in total. The van der Waals surface area contributed by atoms with Gasteiger partial charge in [0.05, 0.1) is 17.7 Å². The highest BCUT2D eigenvalue weighted by Gasteiger charge is 2.19. The van der Waals surface area contributed by atoms with Gasteiger partial charge in [-0.2, -0.15) is 0 Å². The smallest absolute Gasteiger partial charge is 0.408 e. The summed E-state index contributed by atoms with van der Waals surface area (Å²) in [7, 11) is 0. The van der Waals surface area contributed by atoms with Gasteiger partial charge in [-0.25, -0.2) is 9.18 Å². The minimum absolute atomic E-state index is 0.0320. The van der Waals surface area contributed by atoms with Crippen LogP contribution < -0.4 is 16.4 Å². The maximum Gasteiger partial charge on any atom is 0.417 e. The minimum Gasteiger partial charge on any atom is -0.408 e. The molecule has 0 aliphatic carbocycles. The van der Waals surface area contributed by atoms with Crippen LogP contribution in [-0.4, -0.2) is 41.3 Å². The van der Waals surface area contributed by atoms with Gasteiger partial charge in [-0.3, -0.25) is 14.6 Å². The Balaban J connectivity index is 1.29. The number of amides is 2. The summed E-state index contributed by atoms with van der Waals surface area (Å²) in [5.74, 6) is -1.58. The van der Waals surface area contributed by atoms with E-state index >= 15 is 0 Å². The lowest BCUT2D eigenvalue weighted by molar-refractivity contribution is -0.119. The van der Waals surface area contributed by atoms with Crippen LogP contribution in [0.4, 0.5) is 10.1 Å². The van der Waals surface area contributed by atoms with E-state index in [9.17, 15) is 18.8 Å². The van der Waals surface area contributed by atoms with E-state index < -0.39 is 11.6 Å². The first-order valence-corrected chi connectivity index (χ1v) is 9.71. The molecule has 0 unspecified atom stereocenters. The molecule has 1 aliphatic rings. The minimum atomic E-state index is -0.674. The third kappa shape index (κ3) is 4.35. The third-order valence-corrected chi connectivity index (χ3v) is 5.03. The molecule has 1 aromatic heterocycles. The second-order valence-electron chi connectivity index (χ2n) is 7.17. The van der Waals surface area contributed by atoms with Crippen molar-refractivity contribution in [1.82, 2.24) is 15.2 Å². The van der Waals surface area contributed by atoms with Crippen molar-refractivity contribution in [1.29, 1.82) is 0 Å². The van der Waals surface area contributed by atoms with Crippen molar-refractivity contribution in [3.05, 3.63) is 63.9 Å². The van der Waals surface area contributed by atoms with Crippen LogP contribution in [0, 0.1) is 5.82 Å². The lowest BCUT2D eigenvalue weighted by Crippen LogP contribution is -2.29. The number of aromatic nitrogens is 1. The lowest BCUT2D eigenvalue weighted by atomic mass is 10.1. The summed E-state index contributed by atoms with van der Waals surface area (Å²) in [4.78, 5) is 39.8. The highest BCUT2D eigenvalue weighted by Crippen LogP contribution is 2.20. The maximum atomic E-state index is 14.1. The molecule has 9 heteroatoms. The van der Waals surface area contributed by atoms with Crippen molar-refractivity contribution in [2.45, 2.75) is 19.4 Å². The first-order chi connectivity index (χ1) is 14.5. The molecule has 2 aromatic carbocycles. The van der Waals surface area contributed by atoms with Gasteiger partial charge in [-0.15, -0.1) is 0 Å². The van der Waals surface area contributed by atoms with Gasteiger partial charge in [0.2, 0.25) is 5.91 Å². The molecule has 1 saturated heterocycles. The summed E-state index contributed by atoms with van der Waals surface area (Å²) in [6.07, 6.45) is 2.09. The zero-order chi connectivity index (χ0) is 21.1. The topological polar surface area (TPSA) is 107 Å². The van der Waals surface area contributed by atoms with E-state index in [-0.39, 0.29) is 41.7 Å². The average Bonchev–Trinajstić information content (AvgIpc) is 3.39. The van der Waals surface area contributed by atoms with Crippen molar-refractivity contribution in [2.24, 2.45) is 0 Å². The molecule has 4 rings (SSSR count). The Kier molecular flexibility index (Phi) is 5.51. The molecule has 156 valence electrons. The van der Waals surface area contributed by atoms with Crippen LogP contribution in [0.3, 0.4) is 0 Å². The van der Waals surface area contributed by atoms with Gasteiger partial charge in [0.25, 0.3) is 5.91 Å². The van der Waals surface area contributed by atoms with E-state index in [0.717, 1.165) is 37.6 Å². The van der Waals surface area contributed by atoms with Crippen LogP contribution in [0.2, 0.25) is 0 Å². The molecule has 1 aliphatic heterocycles. The van der Waals surface area contributed by atoms with Crippen molar-refractivity contribution in [3.8, 4) is 0 Å². The molecule has 0 bridgehead atoms. The number of rotatable bonds is 6. The van der Waals surface area contributed by atoms with Crippen LogP contribution in [0.5, 0.6) is 0 Å². The molecular formula is C21H21FN4O4. The van der Waals surface area contributed by atoms with Crippen LogP contribution in [0.25, 0.3) is 11.1 Å². The molecule has 30 heavy (non-hydrogen) atoms. The predicted octanol–water partition coefficient (Wildman–Crippen LogP) is 2.22. The Bertz CT molecular complexity index is 1130. The van der Waals surface area contributed by atoms with E-state index in [1.54, 1.807) is 24.3 Å². The summed E-state index contributed by atoms with van der Waals surface area (Å²) in [5.41, 5.74) is 2.00. The normalized spacial score (nSPS) is 13.6. The molecule has 3 aromatic rings. The number of hydrogen-bond acceptors (Lipinski definition) is 5. The number of carbonyl (C=O) groups is 2. The Labute approximate surface area is 171 Å². The number of benzene rings is 2. The van der Waals surface area contributed by atoms with Crippen LogP contribution >= 0.6 is 0 Å². The van der Waals surface area contributed by atoms with Gasteiger partial charge >= 0.3 is 5.76 Å². The molecule has 0 saturated carbocycles. The number of nitrogens with one attached hydrogen (secondary N) is 3. The van der Waals surface area contributed by atoms with E-state index in [1.807, 2.05) is 4.90 Å². The standard InChI is InChI=1S/C21H21FN4O4/c22-15-9-17-18(30-21(29)25-17)10-16(15)23-12-19(27)24-11-13-3-5-14(6-4-13)20(28)26-7-1-2-8-26/h3-6,9-10,23H,1-2,7-8,11-12H2,(H,24,27)(H,25,29). The number of H-pyrrole nitrogens is 1. The Morgan fingerprint density at radius 3 is 2.60 bits per heavy atom. The van der Waals surface area contributed by atoms with Crippen LogP contribution in [-0.2, 0) is 11.3 Å². The highest BCUT2D eigenvalue weighted by molar-refractivity contribution is 5.94. The van der Waals surface area contributed by atoms with Crippen LogP contribution in [0.15, 0.2) is 45.6 Å². The summed E-state index contributed by atoms with van der Waals surface area (Å²) < 4.78 is 18.9. The number of hydrogen-bond donors (Lipinski definition) is 3. The van der Waals surface area contributed by atoms with Crippen molar-refractivity contribution in [2.75, 3.05) is 25.0 Å². The number of fused-ring (bicyclic) bond motifs is 1. The second kappa shape index (κ2) is 8.40. The first kappa shape index (κ1) is 19.7. The molecule has 2 amide bonds. The molecule has 8 nitrogen and oxygen atoms in total. The summed E-state index contributed by atoms with van der Waals surface area (Å²) in [5, 5.41) is 5.43. The van der Waals surface area contributed by atoms with Gasteiger partial charge < -0.3 is 20.0 Å². The number of likely N-dealkylation sites (tertiary alicyclic amines) is 1. The summed E-state index contributed by atoms with van der Waals surface area (Å²) in [6.45, 7) is 1.73. The lowest BCUT2D eigenvalue weighted by Gasteiger charge is -2.15. The van der Waals surface area contributed by atoms with Crippen molar-refractivity contribution in [3.63, 3.8) is 0 Å². The summed E-state index contributed by atoms with van der Waals surface area (Å²) in [6, 6.07) is 9.58. The quantitative estimate of drug-likeness (QED) is 0.576. The number of anilines is 1. The van der Waals surface area contributed by atoms with Gasteiger partial charge in [-0.05, 0) is 30.5 Å². The van der Waals surface area contributed by atoms with Gasteiger partial charge in [0, 0.05) is 37.3 Å². The van der Waals surface area contributed by atoms with Gasteiger partial charge in [-0.1, -0.05) is 12.1 Å². The van der Waals surface area contributed by atoms with Crippen LogP contribution in [0.1, 0.15) is 28.8 Å². The number of aromatic amines is 1. The molecule has 0 radical (unpaired) electrons. The Hall–Kier alpha value is -3.62. The monoisotopic (exact) mass is 412 g/mol. The molecule has 0 spiro atoms. The zero-order valence-electron chi connectivity index (χ0n) is 16.2.